The van der Waals surface area contributed by atoms with E-state index in [-0.39, 0.29) is 90.3 Å². The van der Waals surface area contributed by atoms with E-state index in [1.54, 1.807) is 12.3 Å². The van der Waals surface area contributed by atoms with Crippen molar-refractivity contribution in [1.82, 2.24) is 19.9 Å². The Morgan fingerprint density at radius 3 is 2.87 bits per heavy atom. The molecule has 3 atom stereocenters. The molecule has 52 heavy (non-hydrogen) atoms. The standard InChI is InChI=1S/C36H34ClF2N9O3S/c1-18(20-5-3-11-43-32(20)41)47-13-14-50-30-26-29(28(39)25(27(30)37)21-6-7-23(38)31-24(21)22(15-40)33(42)52-31)45-35(46-34(26)47)51-17-36-9-4-12-48(36)19(8-10-36)16-44-49-2/h3,5-7,11,16,18-19H,4,8-10,12-14,17,42H2,1-2H3,(H2,41,43)/b44-16+/t18-,19+,36+/m1/s1. The van der Waals surface area contributed by atoms with Crippen LogP contribution in [0.4, 0.5) is 25.4 Å². The van der Waals surface area contributed by atoms with Gasteiger partial charge in [-0.25, -0.2) is 13.8 Å². The largest absolute Gasteiger partial charge is 0.489 e. The van der Waals surface area contributed by atoms with Gasteiger partial charge in [0.25, 0.3) is 0 Å². The number of nitrogen functional groups attached to an aromatic ring is 2. The molecule has 0 unspecified atom stereocenters. The van der Waals surface area contributed by atoms with Crippen molar-refractivity contribution in [3.05, 3.63) is 58.2 Å². The summed E-state index contributed by atoms with van der Waals surface area (Å²) in [6, 6.07) is 8.01. The highest BCUT2D eigenvalue weighted by molar-refractivity contribution is 7.23. The normalized spacial score (nSPS) is 20.6. The lowest BCUT2D eigenvalue weighted by molar-refractivity contribution is 0.0979. The lowest BCUT2D eigenvalue weighted by atomic mass is 9.95. The molecule has 0 amide bonds. The fourth-order valence-corrected chi connectivity index (χ4v) is 9.38. The second kappa shape index (κ2) is 13.2. The molecule has 6 heterocycles. The summed E-state index contributed by atoms with van der Waals surface area (Å²) >= 11 is 8.00. The van der Waals surface area contributed by atoms with Crippen LogP contribution >= 0.6 is 22.9 Å². The molecule has 2 saturated heterocycles. The van der Waals surface area contributed by atoms with Gasteiger partial charge in [0.15, 0.2) is 11.6 Å². The Morgan fingerprint density at radius 2 is 2.08 bits per heavy atom. The van der Waals surface area contributed by atoms with E-state index in [0.29, 0.717) is 18.2 Å². The second-order valence-corrected chi connectivity index (χ2v) is 14.6. The first-order valence-electron chi connectivity index (χ1n) is 16.9. The number of rotatable bonds is 8. The van der Waals surface area contributed by atoms with Crippen LogP contribution in [0.3, 0.4) is 0 Å². The number of fused-ring (bicyclic) bond motifs is 2. The van der Waals surface area contributed by atoms with Crippen molar-refractivity contribution in [3.8, 4) is 29.0 Å². The van der Waals surface area contributed by atoms with E-state index in [4.69, 9.17) is 42.4 Å². The van der Waals surface area contributed by atoms with Crippen LogP contribution in [0.25, 0.3) is 32.1 Å². The third-order valence-electron chi connectivity index (χ3n) is 10.5. The maximum atomic E-state index is 17.4. The summed E-state index contributed by atoms with van der Waals surface area (Å²) in [6.07, 6.45) is 7.09. The number of anilines is 3. The average Bonchev–Trinajstić information content (AvgIpc) is 3.77. The molecule has 3 aliphatic heterocycles. The van der Waals surface area contributed by atoms with Gasteiger partial charge in [-0.05, 0) is 56.8 Å². The molecule has 4 N–H and O–H groups in total. The highest BCUT2D eigenvalue weighted by Crippen LogP contribution is 2.51. The molecule has 0 saturated carbocycles. The maximum absolute atomic E-state index is 17.4. The number of hydrogen-bond acceptors (Lipinski definition) is 13. The number of aromatic nitrogens is 3. The van der Waals surface area contributed by atoms with Gasteiger partial charge < -0.3 is 30.7 Å². The molecular formula is C36H34ClF2N9O3S. The fourth-order valence-electron chi connectivity index (χ4n) is 8.10. The molecule has 16 heteroatoms. The Kier molecular flexibility index (Phi) is 8.63. The Bertz CT molecular complexity index is 2320. The van der Waals surface area contributed by atoms with Gasteiger partial charge in [-0.2, -0.15) is 15.2 Å². The van der Waals surface area contributed by atoms with Crippen molar-refractivity contribution in [3.63, 3.8) is 0 Å². The van der Waals surface area contributed by atoms with Gasteiger partial charge in [0.05, 0.1) is 45.0 Å². The molecule has 2 fully saturated rings. The van der Waals surface area contributed by atoms with Gasteiger partial charge in [-0.1, -0.05) is 28.9 Å². The van der Waals surface area contributed by atoms with Gasteiger partial charge >= 0.3 is 6.01 Å². The average molecular weight is 746 g/mol. The number of ether oxygens (including phenoxy) is 2. The predicted molar refractivity (Wildman–Crippen MR) is 197 cm³/mol. The molecule has 0 spiro atoms. The predicted octanol–water partition coefficient (Wildman–Crippen LogP) is 6.84. The molecule has 3 aliphatic rings. The smallest absolute Gasteiger partial charge is 0.319 e. The number of halogens is 3. The van der Waals surface area contributed by atoms with Gasteiger partial charge in [-0.15, -0.1) is 11.3 Å². The topological polar surface area (TPSA) is 161 Å². The van der Waals surface area contributed by atoms with Crippen molar-refractivity contribution in [2.45, 2.75) is 50.2 Å². The zero-order valence-electron chi connectivity index (χ0n) is 28.3. The van der Waals surface area contributed by atoms with Crippen LogP contribution < -0.4 is 25.8 Å². The summed E-state index contributed by atoms with van der Waals surface area (Å²) in [5.41, 5.74) is 12.9. The molecule has 8 rings (SSSR count). The monoisotopic (exact) mass is 745 g/mol. The highest BCUT2D eigenvalue weighted by atomic mass is 35.5. The van der Waals surface area contributed by atoms with E-state index in [1.165, 1.54) is 19.2 Å². The number of nitrogens with zero attached hydrogens (tertiary/aromatic N) is 7. The van der Waals surface area contributed by atoms with Crippen LogP contribution in [-0.4, -0.2) is 71.1 Å². The lowest BCUT2D eigenvalue weighted by Crippen LogP contribution is -2.47. The number of hydrogen-bond donors (Lipinski definition) is 2. The zero-order chi connectivity index (χ0) is 36.3. The van der Waals surface area contributed by atoms with Crippen LogP contribution in [0, 0.1) is 23.0 Å². The summed E-state index contributed by atoms with van der Waals surface area (Å²) in [6.45, 7) is 3.57. The Hall–Kier alpha value is -5.04. The van der Waals surface area contributed by atoms with Crippen molar-refractivity contribution in [2.24, 2.45) is 5.16 Å². The first-order chi connectivity index (χ1) is 25.2. The molecular weight excluding hydrogens is 712 g/mol. The summed E-state index contributed by atoms with van der Waals surface area (Å²) < 4.78 is 45.3. The number of pyridine rings is 1. The summed E-state index contributed by atoms with van der Waals surface area (Å²) in [4.78, 5) is 23.2. The van der Waals surface area contributed by atoms with E-state index in [2.05, 4.69) is 20.0 Å². The van der Waals surface area contributed by atoms with E-state index >= 15 is 8.78 Å². The highest BCUT2D eigenvalue weighted by Gasteiger charge is 2.49. The summed E-state index contributed by atoms with van der Waals surface area (Å²) in [5, 5.41) is 14.5. The number of benzene rings is 2. The summed E-state index contributed by atoms with van der Waals surface area (Å²) in [5.74, 6) is -0.561. The third kappa shape index (κ3) is 5.31. The van der Waals surface area contributed by atoms with Gasteiger partial charge in [0, 0.05) is 28.8 Å². The molecule has 12 nitrogen and oxygen atoms in total. The molecule has 2 aromatic carbocycles. The van der Waals surface area contributed by atoms with E-state index in [1.807, 2.05) is 30.2 Å². The molecule has 0 aliphatic carbocycles. The number of nitriles is 1. The first kappa shape index (κ1) is 34.1. The Labute approximate surface area is 306 Å². The zero-order valence-corrected chi connectivity index (χ0v) is 29.9. The van der Waals surface area contributed by atoms with Crippen molar-refractivity contribution in [2.75, 3.05) is 49.8 Å². The van der Waals surface area contributed by atoms with Crippen molar-refractivity contribution in [1.29, 1.82) is 5.26 Å². The Balaban J connectivity index is 1.32. The van der Waals surface area contributed by atoms with Gasteiger partial charge in [0.1, 0.15) is 54.4 Å². The summed E-state index contributed by atoms with van der Waals surface area (Å²) in [7, 11) is 1.52. The second-order valence-electron chi connectivity index (χ2n) is 13.2. The third-order valence-corrected chi connectivity index (χ3v) is 11.9. The van der Waals surface area contributed by atoms with E-state index in [0.717, 1.165) is 49.1 Å². The van der Waals surface area contributed by atoms with Crippen molar-refractivity contribution >= 4 is 66.8 Å². The fraction of sp³-hybridized carbons (Fsp3) is 0.361. The SMILES string of the molecule is CO/N=C/[C@@H]1CC[C@]2(COc3nc4c5c(c(Cl)c(-c6ccc(F)c7sc(N)c(C#N)c67)c(F)c5n3)OCCN4[C@H](C)c3cccnc3N)CCCN12. The number of nitrogens with two attached hydrogens (primary N) is 2. The van der Waals surface area contributed by atoms with Crippen LogP contribution in [0.15, 0.2) is 35.6 Å². The maximum Gasteiger partial charge on any atom is 0.319 e. The van der Waals surface area contributed by atoms with Crippen LogP contribution in [0.1, 0.15) is 49.8 Å². The molecule has 0 bridgehead atoms. The molecule has 3 aromatic heterocycles. The van der Waals surface area contributed by atoms with E-state index in [9.17, 15) is 5.26 Å². The lowest BCUT2D eigenvalue weighted by Gasteiger charge is -2.33. The van der Waals surface area contributed by atoms with Crippen LogP contribution in [0.5, 0.6) is 11.8 Å². The quantitative estimate of drug-likeness (QED) is 0.126. The molecule has 5 aromatic rings. The Morgan fingerprint density at radius 1 is 1.23 bits per heavy atom. The van der Waals surface area contributed by atoms with Gasteiger partial charge in [0.2, 0.25) is 0 Å². The van der Waals surface area contributed by atoms with Crippen molar-refractivity contribution < 1.29 is 23.1 Å². The minimum atomic E-state index is -0.810. The molecule has 0 radical (unpaired) electrons. The minimum Gasteiger partial charge on any atom is -0.489 e. The first-order valence-corrected chi connectivity index (χ1v) is 18.1. The van der Waals surface area contributed by atoms with Gasteiger partial charge in [-0.3, -0.25) is 4.90 Å². The van der Waals surface area contributed by atoms with Crippen LogP contribution in [0.2, 0.25) is 5.02 Å². The number of thiophene rings is 1. The minimum absolute atomic E-state index is 0.0316. The van der Waals surface area contributed by atoms with E-state index < -0.39 is 11.6 Å². The van der Waals surface area contributed by atoms with Crippen LogP contribution in [-0.2, 0) is 4.84 Å². The number of oxime groups is 1. The molecule has 268 valence electrons.